The number of carbonyl (C=O) groups is 2. The third-order valence-corrected chi connectivity index (χ3v) is 5.09. The lowest BCUT2D eigenvalue weighted by Crippen LogP contribution is -2.35. The fraction of sp³-hybridized carbons (Fsp3) is 0.318. The van der Waals surface area contributed by atoms with Gasteiger partial charge in [-0.3, -0.25) is 9.59 Å². The third kappa shape index (κ3) is 4.56. The molecule has 32 heavy (non-hydrogen) atoms. The lowest BCUT2D eigenvalue weighted by Gasteiger charge is -2.19. The van der Waals surface area contributed by atoms with Crippen LogP contribution in [0.4, 0.5) is 14.5 Å². The number of methoxy groups -OCH3 is 3. The van der Waals surface area contributed by atoms with E-state index in [2.05, 4.69) is 5.32 Å². The average Bonchev–Trinajstić information content (AvgIpc) is 3.17. The number of hydrogen-bond donors (Lipinski definition) is 1. The normalized spacial score (nSPS) is 16.3. The number of amides is 2. The minimum atomic E-state index is -1.06. The topological polar surface area (TPSA) is 101 Å². The molecule has 0 radical (unpaired) electrons. The van der Waals surface area contributed by atoms with Crippen LogP contribution in [0.2, 0.25) is 0 Å². The van der Waals surface area contributed by atoms with Gasteiger partial charge in [-0.25, -0.2) is 8.78 Å². The number of ether oxygens (including phenoxy) is 3. The van der Waals surface area contributed by atoms with Crippen LogP contribution in [0.3, 0.4) is 0 Å². The largest absolute Gasteiger partial charge is 0.493 e. The first-order valence-corrected chi connectivity index (χ1v) is 9.57. The minimum Gasteiger partial charge on any atom is -0.493 e. The van der Waals surface area contributed by atoms with Crippen molar-refractivity contribution in [3.05, 3.63) is 47.5 Å². The predicted molar refractivity (Wildman–Crippen MR) is 109 cm³/mol. The van der Waals surface area contributed by atoms with E-state index in [0.717, 1.165) is 17.0 Å². The van der Waals surface area contributed by atoms with Gasteiger partial charge >= 0.3 is 0 Å². The smallest absolute Gasteiger partial charge is 0.227 e. The van der Waals surface area contributed by atoms with Crippen LogP contribution >= 0.6 is 0 Å². The average molecular weight is 445 g/mol. The molecule has 2 atom stereocenters. The zero-order chi connectivity index (χ0) is 23.4. The van der Waals surface area contributed by atoms with Crippen molar-refractivity contribution in [2.45, 2.75) is 12.5 Å². The molecule has 2 amide bonds. The Labute approximate surface area is 183 Å². The highest BCUT2D eigenvalue weighted by molar-refractivity contribution is 6.00. The third-order valence-electron chi connectivity index (χ3n) is 5.09. The molecule has 1 saturated heterocycles. The number of carbonyl (C=O) groups excluding carboxylic acids is 2. The van der Waals surface area contributed by atoms with Gasteiger partial charge in [-0.15, -0.1) is 0 Å². The Kier molecular flexibility index (Phi) is 6.78. The number of nitrogens with zero attached hydrogens (tertiary/aromatic N) is 2. The molecule has 168 valence electrons. The fourth-order valence-corrected chi connectivity index (χ4v) is 3.55. The second kappa shape index (κ2) is 9.51. The molecule has 2 unspecified atom stereocenters. The number of rotatable bonds is 7. The van der Waals surface area contributed by atoms with Crippen LogP contribution in [0.25, 0.3) is 0 Å². The Morgan fingerprint density at radius 1 is 1.09 bits per heavy atom. The Balaban J connectivity index is 1.79. The first kappa shape index (κ1) is 22.8. The first-order chi connectivity index (χ1) is 15.3. The summed E-state index contributed by atoms with van der Waals surface area (Å²) in [5.41, 5.74) is 0.424. The molecule has 8 nitrogen and oxygen atoms in total. The van der Waals surface area contributed by atoms with Crippen LogP contribution in [-0.4, -0.2) is 39.7 Å². The summed E-state index contributed by atoms with van der Waals surface area (Å²) >= 11 is 0. The van der Waals surface area contributed by atoms with Crippen molar-refractivity contribution >= 4 is 17.5 Å². The molecule has 1 N–H and O–H groups in total. The van der Waals surface area contributed by atoms with Crippen molar-refractivity contribution in [1.82, 2.24) is 5.32 Å². The van der Waals surface area contributed by atoms with Crippen molar-refractivity contribution in [1.29, 1.82) is 5.26 Å². The molecule has 1 heterocycles. The van der Waals surface area contributed by atoms with E-state index in [1.807, 2.05) is 6.07 Å². The van der Waals surface area contributed by atoms with Gasteiger partial charge in [0.15, 0.2) is 11.5 Å². The lowest BCUT2D eigenvalue weighted by atomic mass is 10.0. The van der Waals surface area contributed by atoms with Gasteiger partial charge < -0.3 is 24.4 Å². The number of nitriles is 1. The van der Waals surface area contributed by atoms with E-state index >= 15 is 0 Å². The van der Waals surface area contributed by atoms with Crippen molar-refractivity contribution in [2.75, 3.05) is 32.8 Å². The second-order valence-electron chi connectivity index (χ2n) is 7.06. The number of nitrogens with one attached hydrogen (secondary N) is 1. The molecule has 0 saturated carbocycles. The quantitative estimate of drug-likeness (QED) is 0.703. The summed E-state index contributed by atoms with van der Waals surface area (Å²) in [5.74, 6) is -2.49. The van der Waals surface area contributed by atoms with Gasteiger partial charge in [0.25, 0.3) is 0 Å². The molecule has 1 fully saturated rings. The molecule has 1 aliphatic rings. The van der Waals surface area contributed by atoms with Crippen molar-refractivity contribution in [3.8, 4) is 23.3 Å². The van der Waals surface area contributed by atoms with E-state index in [4.69, 9.17) is 14.2 Å². The number of halogens is 2. The Morgan fingerprint density at radius 2 is 1.69 bits per heavy atom. The monoisotopic (exact) mass is 445 g/mol. The zero-order valence-corrected chi connectivity index (χ0v) is 17.6. The van der Waals surface area contributed by atoms with Crippen LogP contribution in [-0.2, 0) is 9.59 Å². The Hall–Kier alpha value is -3.87. The summed E-state index contributed by atoms with van der Waals surface area (Å²) < 4.78 is 42.9. The summed E-state index contributed by atoms with van der Waals surface area (Å²) in [4.78, 5) is 26.3. The van der Waals surface area contributed by atoms with E-state index in [1.165, 1.54) is 33.5 Å². The molecule has 0 spiro atoms. The fourth-order valence-electron chi connectivity index (χ4n) is 3.55. The molecule has 2 aromatic carbocycles. The molecule has 0 aliphatic carbocycles. The van der Waals surface area contributed by atoms with Crippen molar-refractivity contribution in [3.63, 3.8) is 0 Å². The van der Waals surface area contributed by atoms with Gasteiger partial charge in [0.05, 0.1) is 33.3 Å². The maximum atomic E-state index is 13.5. The lowest BCUT2D eigenvalue weighted by molar-refractivity contribution is -0.126. The summed E-state index contributed by atoms with van der Waals surface area (Å²) in [7, 11) is 4.29. The van der Waals surface area contributed by atoms with E-state index in [-0.39, 0.29) is 18.7 Å². The summed E-state index contributed by atoms with van der Waals surface area (Å²) in [6.45, 7) is -0.0685. The molecule has 0 bridgehead atoms. The maximum absolute atomic E-state index is 13.5. The van der Waals surface area contributed by atoms with Crippen LogP contribution in [0.5, 0.6) is 17.2 Å². The van der Waals surface area contributed by atoms with E-state index in [9.17, 15) is 23.6 Å². The maximum Gasteiger partial charge on any atom is 0.227 e. The second-order valence-corrected chi connectivity index (χ2v) is 7.06. The van der Waals surface area contributed by atoms with E-state index < -0.39 is 35.4 Å². The summed E-state index contributed by atoms with van der Waals surface area (Å²) in [6, 6.07) is 6.76. The van der Waals surface area contributed by atoms with Crippen molar-refractivity contribution < 1.29 is 32.6 Å². The Morgan fingerprint density at radius 3 is 2.19 bits per heavy atom. The highest BCUT2D eigenvalue weighted by Crippen LogP contribution is 2.39. The standard InChI is InChI=1S/C22H21F2N3O5/c1-30-18-4-12(5-19(31-2)21(18)32-3)17(10-25)26-22(29)13-6-20(28)27(11-13)16-8-14(23)7-15(24)9-16/h4-5,7-9,13,17H,6,11H2,1-3H3,(H,26,29). The molecule has 10 heteroatoms. The predicted octanol–water partition coefficient (Wildman–Crippen LogP) is 2.72. The molecular formula is C22H21F2N3O5. The van der Waals surface area contributed by atoms with E-state index in [0.29, 0.717) is 28.9 Å². The first-order valence-electron chi connectivity index (χ1n) is 9.57. The molecular weight excluding hydrogens is 424 g/mol. The van der Waals surface area contributed by atoms with Gasteiger partial charge in [0.2, 0.25) is 17.6 Å². The SMILES string of the molecule is COc1cc(C(C#N)NC(=O)C2CC(=O)N(c3cc(F)cc(F)c3)C2)cc(OC)c1OC. The summed E-state index contributed by atoms with van der Waals surface area (Å²) in [6.07, 6.45) is -0.155. The summed E-state index contributed by atoms with van der Waals surface area (Å²) in [5, 5.41) is 12.2. The highest BCUT2D eigenvalue weighted by atomic mass is 19.1. The van der Waals surface area contributed by atoms with Crippen LogP contribution in [0.15, 0.2) is 30.3 Å². The van der Waals surface area contributed by atoms with E-state index in [1.54, 1.807) is 0 Å². The minimum absolute atomic E-state index is 0.0317. The van der Waals surface area contributed by atoms with Gasteiger partial charge in [0.1, 0.15) is 17.7 Å². The number of anilines is 1. The van der Waals surface area contributed by atoms with Gasteiger partial charge in [-0.1, -0.05) is 0 Å². The molecule has 0 aromatic heterocycles. The molecule has 1 aliphatic heterocycles. The van der Waals surface area contributed by atoms with Crippen LogP contribution < -0.4 is 24.4 Å². The van der Waals surface area contributed by atoms with Crippen LogP contribution in [0, 0.1) is 28.9 Å². The highest BCUT2D eigenvalue weighted by Gasteiger charge is 2.36. The Bertz CT molecular complexity index is 1040. The molecule has 3 rings (SSSR count). The number of benzene rings is 2. The molecule has 2 aromatic rings. The van der Waals surface area contributed by atoms with Gasteiger partial charge in [-0.2, -0.15) is 5.26 Å². The zero-order valence-electron chi connectivity index (χ0n) is 17.6. The van der Waals surface area contributed by atoms with Crippen LogP contribution in [0.1, 0.15) is 18.0 Å². The number of hydrogen-bond acceptors (Lipinski definition) is 6. The van der Waals surface area contributed by atoms with Gasteiger partial charge in [0, 0.05) is 24.7 Å². The van der Waals surface area contributed by atoms with Crippen molar-refractivity contribution in [2.24, 2.45) is 5.92 Å². The van der Waals surface area contributed by atoms with Gasteiger partial charge in [-0.05, 0) is 29.8 Å².